The average molecular weight is 221 g/mol. The Hall–Kier alpha value is -0.840. The molecule has 0 aromatic heterocycles. The summed E-state index contributed by atoms with van der Waals surface area (Å²) in [7, 11) is 0. The van der Waals surface area contributed by atoms with Crippen LogP contribution >= 0.6 is 11.8 Å². The lowest BCUT2D eigenvalue weighted by atomic mass is 10.2. The van der Waals surface area contributed by atoms with E-state index in [0.29, 0.717) is 5.56 Å². The summed E-state index contributed by atoms with van der Waals surface area (Å²) in [5.41, 5.74) is 0.527. The minimum Gasteiger partial charge on any atom is -0.406 e. The lowest BCUT2D eigenvalue weighted by Crippen LogP contribution is -2.17. The van der Waals surface area contributed by atoms with Crippen molar-refractivity contribution < 1.29 is 17.9 Å². The Balaban J connectivity index is 2.87. The van der Waals surface area contributed by atoms with E-state index < -0.39 is 6.36 Å². The summed E-state index contributed by atoms with van der Waals surface area (Å²) in [5, 5.41) is 0. The zero-order chi connectivity index (χ0) is 10.8. The molecule has 1 aromatic rings. The fraction of sp³-hybridized carbons (Fsp3) is 0.222. The average Bonchev–Trinajstić information content (AvgIpc) is 2.01. The van der Waals surface area contributed by atoms with Crippen LogP contribution in [-0.2, 0) is 0 Å². The highest BCUT2D eigenvalue weighted by Crippen LogP contribution is 2.27. The second-order valence-corrected chi connectivity index (χ2v) is 3.37. The van der Waals surface area contributed by atoms with E-state index in [1.165, 1.54) is 23.9 Å². The highest BCUT2D eigenvalue weighted by Gasteiger charge is 2.31. The number of thioether (sulfide) groups is 1. The van der Waals surface area contributed by atoms with Crippen molar-refractivity contribution in [2.24, 2.45) is 0 Å². The topological polar surface area (TPSA) is 9.23 Å². The molecule has 1 nitrogen and oxygen atoms in total. The largest absolute Gasteiger partial charge is 0.573 e. The van der Waals surface area contributed by atoms with Crippen molar-refractivity contribution in [2.45, 2.75) is 11.3 Å². The van der Waals surface area contributed by atoms with Crippen molar-refractivity contribution in [3.63, 3.8) is 0 Å². The van der Waals surface area contributed by atoms with Gasteiger partial charge in [-0.25, -0.2) is 0 Å². The molecule has 1 radical (unpaired) electrons. The van der Waals surface area contributed by atoms with Crippen molar-refractivity contribution in [1.29, 1.82) is 0 Å². The molecular formula is C9H8F3OS. The molecule has 0 spiro atoms. The summed E-state index contributed by atoms with van der Waals surface area (Å²) >= 11 is 1.42. The van der Waals surface area contributed by atoms with E-state index in [0.717, 1.165) is 4.90 Å². The first kappa shape index (κ1) is 11.2. The third kappa shape index (κ3) is 3.14. The van der Waals surface area contributed by atoms with Crippen LogP contribution < -0.4 is 4.74 Å². The van der Waals surface area contributed by atoms with Gasteiger partial charge in [0.05, 0.1) is 0 Å². The molecule has 0 amide bonds. The van der Waals surface area contributed by atoms with Crippen molar-refractivity contribution >= 4 is 11.8 Å². The number of hydrogen-bond donors (Lipinski definition) is 0. The number of halogens is 3. The molecule has 0 aliphatic heterocycles. The molecular weight excluding hydrogens is 213 g/mol. The number of alkyl halides is 3. The van der Waals surface area contributed by atoms with Gasteiger partial charge < -0.3 is 4.74 Å². The fourth-order valence-corrected chi connectivity index (χ4v) is 1.48. The number of ether oxygens (including phenoxy) is 1. The van der Waals surface area contributed by atoms with Crippen LogP contribution in [0.5, 0.6) is 5.75 Å². The standard InChI is InChI=1S/C9H8F3OS/c1-6-5-7(13-9(10,11)12)3-4-8(6)14-2/h3-5H,1H2,2H3. The molecule has 0 saturated carbocycles. The molecule has 1 rings (SSSR count). The molecule has 0 N–H and O–H groups in total. The van der Waals surface area contributed by atoms with E-state index in [9.17, 15) is 13.2 Å². The first-order chi connectivity index (χ1) is 6.42. The quantitative estimate of drug-likeness (QED) is 0.707. The number of hydrogen-bond acceptors (Lipinski definition) is 2. The molecule has 0 fully saturated rings. The first-order valence-corrected chi connectivity index (χ1v) is 4.90. The number of rotatable bonds is 2. The first-order valence-electron chi connectivity index (χ1n) is 3.68. The molecule has 0 unspecified atom stereocenters. The van der Waals surface area contributed by atoms with Crippen LogP contribution in [-0.4, -0.2) is 12.6 Å². The van der Waals surface area contributed by atoms with E-state index in [1.54, 1.807) is 6.07 Å². The van der Waals surface area contributed by atoms with E-state index in [-0.39, 0.29) is 5.75 Å². The maximum atomic E-state index is 11.8. The van der Waals surface area contributed by atoms with Gasteiger partial charge in [0.15, 0.2) is 0 Å². The van der Waals surface area contributed by atoms with Crippen LogP contribution in [0.25, 0.3) is 0 Å². The zero-order valence-corrected chi connectivity index (χ0v) is 8.21. The Morgan fingerprint density at radius 3 is 2.43 bits per heavy atom. The monoisotopic (exact) mass is 221 g/mol. The lowest BCUT2D eigenvalue weighted by Gasteiger charge is -2.10. The van der Waals surface area contributed by atoms with E-state index in [4.69, 9.17) is 0 Å². The Bertz CT molecular complexity index is 322. The normalized spacial score (nSPS) is 11.5. The van der Waals surface area contributed by atoms with Crippen LogP contribution in [0.3, 0.4) is 0 Å². The molecule has 14 heavy (non-hydrogen) atoms. The van der Waals surface area contributed by atoms with E-state index in [2.05, 4.69) is 11.7 Å². The molecule has 0 saturated heterocycles. The fourth-order valence-electron chi connectivity index (χ4n) is 0.952. The summed E-state index contributed by atoms with van der Waals surface area (Å²) in [6, 6.07) is 4.08. The van der Waals surface area contributed by atoms with Crippen molar-refractivity contribution in [2.75, 3.05) is 6.26 Å². The van der Waals surface area contributed by atoms with Crippen molar-refractivity contribution in [3.8, 4) is 5.75 Å². The van der Waals surface area contributed by atoms with E-state index in [1.807, 2.05) is 6.26 Å². The maximum absolute atomic E-state index is 11.8. The Morgan fingerprint density at radius 1 is 1.36 bits per heavy atom. The smallest absolute Gasteiger partial charge is 0.406 e. The van der Waals surface area contributed by atoms with E-state index >= 15 is 0 Å². The minimum absolute atomic E-state index is 0.236. The molecule has 0 aliphatic carbocycles. The maximum Gasteiger partial charge on any atom is 0.573 e. The molecule has 0 heterocycles. The van der Waals surface area contributed by atoms with Gasteiger partial charge in [-0.3, -0.25) is 0 Å². The third-order valence-corrected chi connectivity index (χ3v) is 2.32. The zero-order valence-electron chi connectivity index (χ0n) is 7.39. The molecule has 0 bridgehead atoms. The lowest BCUT2D eigenvalue weighted by molar-refractivity contribution is -0.274. The number of benzene rings is 1. The van der Waals surface area contributed by atoms with Gasteiger partial charge in [-0.05, 0) is 36.9 Å². The van der Waals surface area contributed by atoms with Gasteiger partial charge in [-0.15, -0.1) is 24.9 Å². The predicted molar refractivity (Wildman–Crippen MR) is 49.4 cm³/mol. The van der Waals surface area contributed by atoms with Gasteiger partial charge in [0, 0.05) is 4.90 Å². The van der Waals surface area contributed by atoms with Crippen LogP contribution in [0.15, 0.2) is 23.1 Å². The summed E-state index contributed by atoms with van der Waals surface area (Å²) in [4.78, 5) is 0.833. The minimum atomic E-state index is -4.65. The van der Waals surface area contributed by atoms with Crippen LogP contribution in [0.4, 0.5) is 13.2 Å². The van der Waals surface area contributed by atoms with Crippen molar-refractivity contribution in [1.82, 2.24) is 0 Å². The van der Waals surface area contributed by atoms with Gasteiger partial charge >= 0.3 is 6.36 Å². The summed E-state index contributed by atoms with van der Waals surface area (Å²) in [6.07, 6.45) is -2.82. The van der Waals surface area contributed by atoms with Gasteiger partial charge in [0.2, 0.25) is 0 Å². The summed E-state index contributed by atoms with van der Waals surface area (Å²) in [5.74, 6) is -0.236. The van der Waals surface area contributed by atoms with Gasteiger partial charge in [-0.2, -0.15) is 0 Å². The Labute approximate surface area is 84.3 Å². The van der Waals surface area contributed by atoms with Crippen LogP contribution in [0.2, 0.25) is 0 Å². The Morgan fingerprint density at radius 2 is 2.00 bits per heavy atom. The SMILES string of the molecule is [CH2]c1cc(OC(F)(F)F)ccc1SC. The second-order valence-electron chi connectivity index (χ2n) is 2.52. The highest BCUT2D eigenvalue weighted by atomic mass is 32.2. The molecule has 77 valence electrons. The molecule has 1 aromatic carbocycles. The predicted octanol–water partition coefficient (Wildman–Crippen LogP) is 3.49. The van der Waals surface area contributed by atoms with Gasteiger partial charge in [0.1, 0.15) is 5.75 Å². The molecule has 0 aliphatic rings. The molecule has 0 atom stereocenters. The van der Waals surface area contributed by atoms with Gasteiger partial charge in [-0.1, -0.05) is 0 Å². The Kier molecular flexibility index (Phi) is 3.31. The third-order valence-electron chi connectivity index (χ3n) is 1.49. The van der Waals surface area contributed by atoms with Crippen LogP contribution in [0.1, 0.15) is 5.56 Å². The van der Waals surface area contributed by atoms with Crippen molar-refractivity contribution in [3.05, 3.63) is 30.7 Å². The van der Waals surface area contributed by atoms with Crippen LogP contribution in [0, 0.1) is 6.92 Å². The van der Waals surface area contributed by atoms with Gasteiger partial charge in [0.25, 0.3) is 0 Å². The second kappa shape index (κ2) is 4.13. The summed E-state index contributed by atoms with van der Waals surface area (Å²) in [6.45, 7) is 3.61. The summed E-state index contributed by atoms with van der Waals surface area (Å²) < 4.78 is 39.2. The highest BCUT2D eigenvalue weighted by molar-refractivity contribution is 7.98. The molecule has 5 heteroatoms.